The maximum absolute atomic E-state index is 13.8. The molecule has 0 spiro atoms. The Labute approximate surface area is 275 Å². The Balaban J connectivity index is 2.21. The van der Waals surface area contributed by atoms with Crippen molar-refractivity contribution in [2.24, 2.45) is 27.7 Å². The number of carbonyl (C=O) groups is 6. The number of amides is 1. The fourth-order valence-corrected chi connectivity index (χ4v) is 7.30. The zero-order valence-corrected chi connectivity index (χ0v) is 28.4. The third-order valence-corrected chi connectivity index (χ3v) is 10.3. The highest BCUT2D eigenvalue weighted by Crippen LogP contribution is 2.58. The van der Waals surface area contributed by atoms with Crippen LogP contribution >= 0.6 is 0 Å². The Morgan fingerprint density at radius 3 is 2.00 bits per heavy atom. The smallest absolute Gasteiger partial charge is 0.338 e. The van der Waals surface area contributed by atoms with E-state index in [1.165, 1.54) is 28.4 Å². The molecule has 0 saturated carbocycles. The Morgan fingerprint density at radius 2 is 1.43 bits per heavy atom. The molecule has 1 saturated heterocycles. The van der Waals surface area contributed by atoms with Gasteiger partial charge in [-0.1, -0.05) is 32.0 Å². The van der Waals surface area contributed by atoms with Gasteiger partial charge in [-0.3, -0.25) is 29.0 Å². The highest BCUT2D eigenvalue weighted by atomic mass is 16.5. The second-order valence-corrected chi connectivity index (χ2v) is 12.8. The van der Waals surface area contributed by atoms with E-state index in [1.54, 1.807) is 51.1 Å². The van der Waals surface area contributed by atoms with Gasteiger partial charge in [-0.15, -0.1) is 0 Å². The van der Waals surface area contributed by atoms with Gasteiger partial charge in [0.05, 0.1) is 64.1 Å². The lowest BCUT2D eigenvalue weighted by Crippen LogP contribution is -2.60. The molecule has 0 radical (unpaired) electrons. The third-order valence-electron chi connectivity index (χ3n) is 10.3. The molecule has 0 bridgehead atoms. The minimum absolute atomic E-state index is 0.0416. The van der Waals surface area contributed by atoms with Crippen LogP contribution in [0.5, 0.6) is 0 Å². The second-order valence-electron chi connectivity index (χ2n) is 12.8. The van der Waals surface area contributed by atoms with E-state index in [9.17, 15) is 28.8 Å². The standard InChI is InChI=1S/C34H46N2O11/c1-20(47-31(42)21-12-10-9-11-13-21)28-32(2,17-16-25(38)44-6)23(18-26(39)45-7)29(35-28)34(4)33(3,19-27(40)46-8)22(30(41)36-34)14-15-24(37)43-5/h9-13,20,22-23,29H,14-19H2,1-8H3,(H,36,41). The fourth-order valence-electron chi connectivity index (χ4n) is 7.30. The molecule has 2 aliphatic heterocycles. The van der Waals surface area contributed by atoms with Crippen molar-refractivity contribution in [2.45, 2.75) is 83.9 Å². The van der Waals surface area contributed by atoms with Crippen LogP contribution in [0.25, 0.3) is 0 Å². The summed E-state index contributed by atoms with van der Waals surface area (Å²) in [6.07, 6.45) is -1.18. The lowest BCUT2D eigenvalue weighted by molar-refractivity contribution is -0.147. The van der Waals surface area contributed by atoms with Crippen LogP contribution in [0, 0.1) is 22.7 Å². The molecule has 2 heterocycles. The molecule has 3 rings (SSSR count). The maximum atomic E-state index is 13.8. The van der Waals surface area contributed by atoms with Crippen LogP contribution in [0.4, 0.5) is 0 Å². The van der Waals surface area contributed by atoms with Crippen molar-refractivity contribution in [3.8, 4) is 0 Å². The van der Waals surface area contributed by atoms with E-state index in [0.717, 1.165) is 0 Å². The van der Waals surface area contributed by atoms with Gasteiger partial charge in [0.15, 0.2) is 0 Å². The van der Waals surface area contributed by atoms with E-state index in [2.05, 4.69) is 5.32 Å². The van der Waals surface area contributed by atoms with Crippen molar-refractivity contribution in [3.63, 3.8) is 0 Å². The van der Waals surface area contributed by atoms with Crippen LogP contribution in [-0.4, -0.2) is 87.6 Å². The van der Waals surface area contributed by atoms with Crippen molar-refractivity contribution in [1.82, 2.24) is 5.32 Å². The lowest BCUT2D eigenvalue weighted by Gasteiger charge is -2.48. The number of carbonyl (C=O) groups excluding carboxylic acids is 6. The van der Waals surface area contributed by atoms with Crippen molar-refractivity contribution >= 4 is 41.5 Å². The number of esters is 5. The van der Waals surface area contributed by atoms with Crippen LogP contribution < -0.4 is 5.32 Å². The molecular weight excluding hydrogens is 612 g/mol. The van der Waals surface area contributed by atoms with E-state index < -0.39 is 76.1 Å². The van der Waals surface area contributed by atoms with Gasteiger partial charge in [0.1, 0.15) is 6.10 Å². The molecule has 13 nitrogen and oxygen atoms in total. The molecule has 1 aromatic carbocycles. The zero-order valence-electron chi connectivity index (χ0n) is 28.4. The monoisotopic (exact) mass is 658 g/mol. The number of nitrogens with zero attached hydrogens (tertiary/aromatic N) is 1. The van der Waals surface area contributed by atoms with E-state index in [1.807, 2.05) is 6.92 Å². The van der Waals surface area contributed by atoms with E-state index in [0.29, 0.717) is 11.3 Å². The summed E-state index contributed by atoms with van der Waals surface area (Å²) in [4.78, 5) is 82.6. The van der Waals surface area contributed by atoms with Gasteiger partial charge in [0.2, 0.25) is 5.91 Å². The highest BCUT2D eigenvalue weighted by Gasteiger charge is 2.67. The van der Waals surface area contributed by atoms with Gasteiger partial charge < -0.3 is 29.0 Å². The minimum Gasteiger partial charge on any atom is -0.469 e. The van der Waals surface area contributed by atoms with Gasteiger partial charge in [-0.05, 0) is 38.8 Å². The summed E-state index contributed by atoms with van der Waals surface area (Å²) in [6.45, 7) is 7.02. The van der Waals surface area contributed by atoms with Gasteiger partial charge in [-0.25, -0.2) is 4.79 Å². The number of nitrogens with one attached hydrogen (secondary N) is 1. The largest absolute Gasteiger partial charge is 0.469 e. The predicted molar refractivity (Wildman–Crippen MR) is 168 cm³/mol. The van der Waals surface area contributed by atoms with Gasteiger partial charge in [-0.2, -0.15) is 0 Å². The molecule has 7 atom stereocenters. The Kier molecular flexibility index (Phi) is 11.9. The maximum Gasteiger partial charge on any atom is 0.338 e. The minimum atomic E-state index is -1.30. The molecule has 1 N–H and O–H groups in total. The van der Waals surface area contributed by atoms with Crippen LogP contribution in [0.15, 0.2) is 35.3 Å². The predicted octanol–water partition coefficient (Wildman–Crippen LogP) is 3.22. The van der Waals surface area contributed by atoms with Gasteiger partial charge in [0, 0.05) is 35.5 Å². The molecule has 13 heteroatoms. The average molecular weight is 659 g/mol. The molecule has 7 unspecified atom stereocenters. The molecule has 0 aromatic heterocycles. The van der Waals surface area contributed by atoms with E-state index >= 15 is 0 Å². The molecule has 1 aromatic rings. The summed E-state index contributed by atoms with van der Waals surface area (Å²) in [7, 11) is 5.03. The van der Waals surface area contributed by atoms with Gasteiger partial charge in [0.25, 0.3) is 0 Å². The Morgan fingerprint density at radius 1 is 0.851 bits per heavy atom. The van der Waals surface area contributed by atoms with Crippen LogP contribution in [0.1, 0.15) is 76.6 Å². The Bertz CT molecular complexity index is 1400. The number of ether oxygens (including phenoxy) is 5. The molecule has 0 aliphatic carbocycles. The highest BCUT2D eigenvalue weighted by molar-refractivity contribution is 6.00. The topological polar surface area (TPSA) is 173 Å². The summed E-state index contributed by atoms with van der Waals surface area (Å²) < 4.78 is 25.8. The van der Waals surface area contributed by atoms with E-state index in [-0.39, 0.29) is 38.5 Å². The summed E-state index contributed by atoms with van der Waals surface area (Å²) in [5, 5.41) is 3.09. The summed E-state index contributed by atoms with van der Waals surface area (Å²) >= 11 is 0. The zero-order chi connectivity index (χ0) is 35.2. The van der Waals surface area contributed by atoms with Crippen molar-refractivity contribution < 1.29 is 52.5 Å². The Hall–Kier alpha value is -4.29. The number of aliphatic imine (C=N–C) groups is 1. The number of benzene rings is 1. The SMILES string of the molecule is COC(=O)CCC1C(=O)NC(C)(C2N=C(C(C)OC(=O)c3ccccc3)C(C)(CCC(=O)OC)C2CC(=O)OC)C1(C)CC(=O)OC. The van der Waals surface area contributed by atoms with Crippen molar-refractivity contribution in [3.05, 3.63) is 35.9 Å². The summed E-state index contributed by atoms with van der Waals surface area (Å²) in [6, 6.07) is 7.55. The average Bonchev–Trinajstić information content (AvgIpc) is 3.45. The molecule has 47 heavy (non-hydrogen) atoms. The third kappa shape index (κ3) is 7.49. The number of methoxy groups -OCH3 is 4. The number of hydrogen-bond donors (Lipinski definition) is 1. The normalized spacial score (nSPS) is 28.8. The first-order chi connectivity index (χ1) is 22.1. The molecular formula is C34H46N2O11. The quantitative estimate of drug-likeness (QED) is 0.230. The summed E-state index contributed by atoms with van der Waals surface area (Å²) in [5.74, 6) is -4.67. The number of hydrogen-bond acceptors (Lipinski definition) is 12. The van der Waals surface area contributed by atoms with Crippen LogP contribution in [-0.2, 0) is 47.7 Å². The fraction of sp³-hybridized carbons (Fsp3) is 0.618. The summed E-state index contributed by atoms with van der Waals surface area (Å²) in [5.41, 5.74) is -2.80. The first kappa shape index (κ1) is 37.2. The molecule has 1 amide bonds. The number of rotatable bonds is 14. The van der Waals surface area contributed by atoms with Crippen LogP contribution in [0.2, 0.25) is 0 Å². The van der Waals surface area contributed by atoms with Crippen molar-refractivity contribution in [1.29, 1.82) is 0 Å². The first-order valence-corrected chi connectivity index (χ1v) is 15.5. The first-order valence-electron chi connectivity index (χ1n) is 15.5. The van der Waals surface area contributed by atoms with E-state index in [4.69, 9.17) is 28.7 Å². The molecule has 258 valence electrons. The van der Waals surface area contributed by atoms with Gasteiger partial charge >= 0.3 is 29.8 Å². The van der Waals surface area contributed by atoms with Crippen molar-refractivity contribution in [2.75, 3.05) is 28.4 Å². The molecule has 2 aliphatic rings. The lowest BCUT2D eigenvalue weighted by atomic mass is 9.57. The molecule has 1 fully saturated rings. The second kappa shape index (κ2) is 15.1. The van der Waals surface area contributed by atoms with Crippen LogP contribution in [0.3, 0.4) is 0 Å².